The minimum Gasteiger partial charge on any atom is -0.486 e. The normalized spacial score (nSPS) is 12.9. The Hall–Kier alpha value is -0.510. The maximum atomic E-state index is 6.01. The van der Waals surface area contributed by atoms with Gasteiger partial charge in [-0.15, -0.1) is 0 Å². The minimum atomic E-state index is 0.0563. The Morgan fingerprint density at radius 1 is 1.53 bits per heavy atom. The fourth-order valence-electron chi connectivity index (χ4n) is 1.45. The van der Waals surface area contributed by atoms with E-state index >= 15 is 0 Å². The molecule has 0 aliphatic heterocycles. The number of hydrogen-bond donors (Lipinski definition) is 1. The molecule has 0 radical (unpaired) electrons. The van der Waals surface area contributed by atoms with Crippen LogP contribution in [0.4, 0.5) is 0 Å². The van der Waals surface area contributed by atoms with Crippen molar-refractivity contribution < 1.29 is 4.74 Å². The van der Waals surface area contributed by atoms with Crippen molar-refractivity contribution in [2.24, 2.45) is 5.73 Å². The number of rotatable bonds is 6. The quantitative estimate of drug-likeness (QED) is 0.799. The lowest BCUT2D eigenvalue weighted by Crippen LogP contribution is -2.15. The Morgan fingerprint density at radius 2 is 2.29 bits per heavy atom. The van der Waals surface area contributed by atoms with Crippen LogP contribution >= 0.6 is 27.5 Å². The van der Waals surface area contributed by atoms with Crippen molar-refractivity contribution in [3.05, 3.63) is 39.8 Å². The summed E-state index contributed by atoms with van der Waals surface area (Å²) in [6.07, 6.45) is 5.93. The third-order valence-corrected chi connectivity index (χ3v) is 3.51. The lowest BCUT2D eigenvalue weighted by Gasteiger charge is -2.15. The summed E-state index contributed by atoms with van der Waals surface area (Å²) in [6, 6.07) is 5.59. The topological polar surface area (TPSA) is 35.2 Å². The van der Waals surface area contributed by atoms with Crippen molar-refractivity contribution in [3.63, 3.8) is 0 Å². The van der Waals surface area contributed by atoms with E-state index in [9.17, 15) is 0 Å². The van der Waals surface area contributed by atoms with Gasteiger partial charge in [-0.05, 0) is 66.5 Å². The van der Waals surface area contributed by atoms with Crippen LogP contribution in [0.1, 0.15) is 19.8 Å². The van der Waals surface area contributed by atoms with Gasteiger partial charge in [0.05, 0.1) is 5.02 Å². The highest BCUT2D eigenvalue weighted by molar-refractivity contribution is 9.10. The van der Waals surface area contributed by atoms with E-state index in [0.29, 0.717) is 11.6 Å². The van der Waals surface area contributed by atoms with E-state index in [1.807, 2.05) is 37.3 Å². The van der Waals surface area contributed by atoms with E-state index in [2.05, 4.69) is 15.9 Å². The number of allylic oxidation sites excluding steroid dienone is 1. The summed E-state index contributed by atoms with van der Waals surface area (Å²) in [5.74, 6) is 0.776. The van der Waals surface area contributed by atoms with Crippen LogP contribution < -0.4 is 10.5 Å². The van der Waals surface area contributed by atoms with Gasteiger partial charge in [0.15, 0.2) is 0 Å². The zero-order valence-electron chi connectivity index (χ0n) is 9.83. The monoisotopic (exact) mass is 317 g/mol. The molecular weight excluding hydrogens is 302 g/mol. The highest BCUT2D eigenvalue weighted by Crippen LogP contribution is 2.27. The maximum Gasteiger partial charge on any atom is 0.121 e. The van der Waals surface area contributed by atoms with Crippen LogP contribution in [0.15, 0.2) is 34.8 Å². The summed E-state index contributed by atoms with van der Waals surface area (Å²) < 4.78 is 6.72. The van der Waals surface area contributed by atoms with Gasteiger partial charge in [-0.2, -0.15) is 0 Å². The van der Waals surface area contributed by atoms with Gasteiger partial charge in [0.25, 0.3) is 0 Å². The summed E-state index contributed by atoms with van der Waals surface area (Å²) in [5.41, 5.74) is 5.50. The Kier molecular flexibility index (Phi) is 6.63. The van der Waals surface area contributed by atoms with Crippen molar-refractivity contribution >= 4 is 27.5 Å². The largest absolute Gasteiger partial charge is 0.486 e. The second-order valence-electron chi connectivity index (χ2n) is 3.69. The number of benzene rings is 1. The molecule has 2 nitrogen and oxygen atoms in total. The summed E-state index contributed by atoms with van der Waals surface area (Å²) in [5, 5.41) is 0.653. The van der Waals surface area contributed by atoms with Gasteiger partial charge in [0, 0.05) is 4.47 Å². The van der Waals surface area contributed by atoms with Crippen LogP contribution in [0.3, 0.4) is 0 Å². The molecule has 1 atom stereocenters. The Balaban J connectivity index is 2.67. The average molecular weight is 319 g/mol. The van der Waals surface area contributed by atoms with Gasteiger partial charge in [-0.3, -0.25) is 0 Å². The predicted octanol–water partition coefficient (Wildman–Crippen LogP) is 4.16. The van der Waals surface area contributed by atoms with E-state index in [1.165, 1.54) is 0 Å². The second kappa shape index (κ2) is 7.75. The zero-order valence-corrected chi connectivity index (χ0v) is 12.2. The molecule has 0 fully saturated rings. The fraction of sp³-hybridized carbons (Fsp3) is 0.385. The molecule has 1 aromatic rings. The molecule has 0 bridgehead atoms. The number of hydrogen-bond acceptors (Lipinski definition) is 2. The smallest absolute Gasteiger partial charge is 0.121 e. The molecule has 0 aromatic heterocycles. The van der Waals surface area contributed by atoms with Gasteiger partial charge < -0.3 is 10.5 Å². The van der Waals surface area contributed by atoms with Crippen LogP contribution in [0.25, 0.3) is 0 Å². The van der Waals surface area contributed by atoms with Crippen LogP contribution in [-0.4, -0.2) is 12.6 Å². The molecule has 2 N–H and O–H groups in total. The number of ether oxygens (including phenoxy) is 1. The van der Waals surface area contributed by atoms with Crippen molar-refractivity contribution in [1.82, 2.24) is 0 Å². The second-order valence-corrected chi connectivity index (χ2v) is 4.95. The summed E-state index contributed by atoms with van der Waals surface area (Å²) >= 11 is 9.36. The van der Waals surface area contributed by atoms with Gasteiger partial charge in [0.2, 0.25) is 0 Å². The third kappa shape index (κ3) is 5.11. The van der Waals surface area contributed by atoms with E-state index < -0.39 is 0 Å². The Labute approximate surface area is 116 Å². The van der Waals surface area contributed by atoms with E-state index in [-0.39, 0.29) is 6.10 Å². The zero-order chi connectivity index (χ0) is 12.7. The molecule has 17 heavy (non-hydrogen) atoms. The van der Waals surface area contributed by atoms with Crippen molar-refractivity contribution in [1.29, 1.82) is 0 Å². The molecule has 0 spiro atoms. The maximum absolute atomic E-state index is 6.01. The average Bonchev–Trinajstić information content (AvgIpc) is 2.31. The van der Waals surface area contributed by atoms with Gasteiger partial charge in [0.1, 0.15) is 11.9 Å². The molecule has 1 aromatic carbocycles. The van der Waals surface area contributed by atoms with E-state index in [4.69, 9.17) is 22.1 Å². The van der Waals surface area contributed by atoms with Crippen molar-refractivity contribution in [3.8, 4) is 5.75 Å². The van der Waals surface area contributed by atoms with E-state index in [0.717, 1.165) is 23.1 Å². The molecular formula is C13H17BrClNO. The first-order chi connectivity index (χ1) is 8.17. The SMILES string of the molecule is CC=CC(CCCN)Oc1ccc(Br)c(Cl)c1. The molecule has 0 heterocycles. The summed E-state index contributed by atoms with van der Waals surface area (Å²) in [6.45, 7) is 2.66. The van der Waals surface area contributed by atoms with Crippen molar-refractivity contribution in [2.75, 3.05) is 6.54 Å². The number of halogens is 2. The van der Waals surface area contributed by atoms with Gasteiger partial charge in [-0.25, -0.2) is 0 Å². The highest BCUT2D eigenvalue weighted by atomic mass is 79.9. The Bertz CT molecular complexity index is 382. The molecule has 0 amide bonds. The molecule has 0 aliphatic carbocycles. The molecule has 0 saturated heterocycles. The van der Waals surface area contributed by atoms with Gasteiger partial charge in [-0.1, -0.05) is 17.7 Å². The predicted molar refractivity (Wildman–Crippen MR) is 76.7 cm³/mol. The van der Waals surface area contributed by atoms with Crippen LogP contribution in [0.2, 0.25) is 5.02 Å². The first kappa shape index (κ1) is 14.6. The number of nitrogens with two attached hydrogens (primary N) is 1. The molecule has 0 saturated carbocycles. The van der Waals surface area contributed by atoms with Crippen LogP contribution in [0.5, 0.6) is 5.75 Å². The molecule has 1 rings (SSSR count). The molecule has 1 unspecified atom stereocenters. The van der Waals surface area contributed by atoms with Crippen molar-refractivity contribution in [2.45, 2.75) is 25.9 Å². The molecule has 4 heteroatoms. The lowest BCUT2D eigenvalue weighted by molar-refractivity contribution is 0.236. The van der Waals surface area contributed by atoms with E-state index in [1.54, 1.807) is 0 Å². The van der Waals surface area contributed by atoms with Crippen LogP contribution in [-0.2, 0) is 0 Å². The highest BCUT2D eigenvalue weighted by Gasteiger charge is 2.07. The van der Waals surface area contributed by atoms with Crippen LogP contribution in [0, 0.1) is 0 Å². The third-order valence-electron chi connectivity index (χ3n) is 2.28. The molecule has 94 valence electrons. The fourth-order valence-corrected chi connectivity index (χ4v) is 1.87. The van der Waals surface area contributed by atoms with Gasteiger partial charge >= 0.3 is 0 Å². The first-order valence-corrected chi connectivity index (χ1v) is 6.79. The first-order valence-electron chi connectivity index (χ1n) is 5.62. The lowest BCUT2D eigenvalue weighted by atomic mass is 10.2. The summed E-state index contributed by atoms with van der Waals surface area (Å²) in [7, 11) is 0. The summed E-state index contributed by atoms with van der Waals surface area (Å²) in [4.78, 5) is 0. The standard InChI is InChI=1S/C13H17BrClNO/c1-2-4-10(5-3-8-16)17-11-6-7-12(14)13(15)9-11/h2,4,6-7,9-10H,3,5,8,16H2,1H3. The minimum absolute atomic E-state index is 0.0563. The Morgan fingerprint density at radius 3 is 2.88 bits per heavy atom. The molecule has 0 aliphatic rings.